The third-order valence-electron chi connectivity index (χ3n) is 1.44. The van der Waals surface area contributed by atoms with Gasteiger partial charge in [0.25, 0.3) is 0 Å². The number of hydrogen-bond acceptors (Lipinski definition) is 3. The predicted molar refractivity (Wildman–Crippen MR) is 48.0 cm³/mol. The molecule has 0 aliphatic carbocycles. The van der Waals surface area contributed by atoms with Crippen LogP contribution in [0, 0.1) is 0 Å². The summed E-state index contributed by atoms with van der Waals surface area (Å²) in [7, 11) is 0. The fourth-order valence-electron chi connectivity index (χ4n) is 0.865. The van der Waals surface area contributed by atoms with Gasteiger partial charge in [0.2, 0.25) is 0 Å². The summed E-state index contributed by atoms with van der Waals surface area (Å²) in [5, 5.41) is 0. The Morgan fingerprint density at radius 3 is 2.73 bits per heavy atom. The zero-order chi connectivity index (χ0) is 8.27. The number of thioether (sulfide) groups is 1. The third kappa shape index (κ3) is 1.54. The molecule has 0 amide bonds. The van der Waals surface area contributed by atoms with Gasteiger partial charge in [0, 0.05) is 10.6 Å². The van der Waals surface area contributed by atoms with E-state index in [4.69, 9.17) is 5.73 Å². The molecule has 1 aromatic rings. The predicted octanol–water partition coefficient (Wildman–Crippen LogP) is 1.80. The second kappa shape index (κ2) is 3.44. The Morgan fingerprint density at radius 2 is 2.27 bits per heavy atom. The number of anilines is 1. The molecular weight excluding hydrogens is 158 g/mol. The minimum absolute atomic E-state index is 0.548. The molecule has 2 N–H and O–H groups in total. The van der Waals surface area contributed by atoms with Gasteiger partial charge in [-0.1, -0.05) is 6.07 Å². The minimum atomic E-state index is 0.548. The molecule has 0 saturated carbocycles. The number of nitrogens with two attached hydrogens (primary N) is 1. The van der Waals surface area contributed by atoms with Gasteiger partial charge in [0.05, 0.1) is 5.56 Å². The Morgan fingerprint density at radius 1 is 1.55 bits per heavy atom. The van der Waals surface area contributed by atoms with Crippen molar-refractivity contribution in [2.45, 2.75) is 4.90 Å². The fourth-order valence-corrected chi connectivity index (χ4v) is 1.47. The van der Waals surface area contributed by atoms with E-state index in [0.717, 1.165) is 11.2 Å². The van der Waals surface area contributed by atoms with Crippen LogP contribution in [0.4, 0.5) is 5.69 Å². The van der Waals surface area contributed by atoms with Crippen LogP contribution in [0.5, 0.6) is 0 Å². The van der Waals surface area contributed by atoms with E-state index in [-0.39, 0.29) is 0 Å². The molecule has 0 bridgehead atoms. The lowest BCUT2D eigenvalue weighted by Crippen LogP contribution is -1.93. The van der Waals surface area contributed by atoms with E-state index in [0.29, 0.717) is 11.3 Å². The molecule has 0 fully saturated rings. The molecule has 0 saturated heterocycles. The summed E-state index contributed by atoms with van der Waals surface area (Å²) in [4.78, 5) is 11.4. The number of benzene rings is 1. The molecule has 2 nitrogen and oxygen atoms in total. The van der Waals surface area contributed by atoms with Gasteiger partial charge in [-0.05, 0) is 18.4 Å². The van der Waals surface area contributed by atoms with Crippen molar-refractivity contribution in [1.29, 1.82) is 0 Å². The highest BCUT2D eigenvalue weighted by Gasteiger charge is 2.02. The zero-order valence-electron chi connectivity index (χ0n) is 6.20. The lowest BCUT2D eigenvalue weighted by atomic mass is 10.2. The standard InChI is InChI=1S/C8H9NOS/c1-11-8-4-2-3-7(9)6(8)5-10/h2-5H,9H2,1H3. The number of hydrogen-bond donors (Lipinski definition) is 1. The van der Waals surface area contributed by atoms with E-state index < -0.39 is 0 Å². The van der Waals surface area contributed by atoms with Crippen LogP contribution in [-0.2, 0) is 0 Å². The summed E-state index contributed by atoms with van der Waals surface area (Å²) < 4.78 is 0. The number of rotatable bonds is 2. The molecule has 0 aliphatic heterocycles. The van der Waals surface area contributed by atoms with Gasteiger partial charge in [-0.3, -0.25) is 4.79 Å². The third-order valence-corrected chi connectivity index (χ3v) is 2.23. The summed E-state index contributed by atoms with van der Waals surface area (Å²) in [6.07, 6.45) is 2.71. The monoisotopic (exact) mass is 167 g/mol. The van der Waals surface area contributed by atoms with Crippen LogP contribution in [0.3, 0.4) is 0 Å². The normalized spacial score (nSPS) is 9.55. The molecule has 0 radical (unpaired) electrons. The first-order valence-corrected chi connectivity index (χ1v) is 4.39. The zero-order valence-corrected chi connectivity index (χ0v) is 7.02. The largest absolute Gasteiger partial charge is 0.398 e. The van der Waals surface area contributed by atoms with Crippen molar-refractivity contribution in [1.82, 2.24) is 0 Å². The minimum Gasteiger partial charge on any atom is -0.398 e. The smallest absolute Gasteiger partial charge is 0.153 e. The molecule has 11 heavy (non-hydrogen) atoms. The Hall–Kier alpha value is -0.960. The Labute approximate surface area is 69.8 Å². The molecule has 3 heteroatoms. The summed E-state index contributed by atoms with van der Waals surface area (Å²) >= 11 is 1.52. The average molecular weight is 167 g/mol. The average Bonchev–Trinajstić information content (AvgIpc) is 2.04. The highest BCUT2D eigenvalue weighted by atomic mass is 32.2. The summed E-state index contributed by atoms with van der Waals surface area (Å²) in [5.74, 6) is 0. The molecule has 0 aromatic heterocycles. The molecule has 0 atom stereocenters. The number of nitrogen functional groups attached to an aromatic ring is 1. The van der Waals surface area contributed by atoms with Crippen LogP contribution in [0.2, 0.25) is 0 Å². The maximum absolute atomic E-state index is 10.5. The maximum atomic E-state index is 10.5. The molecule has 0 unspecified atom stereocenters. The molecule has 58 valence electrons. The van der Waals surface area contributed by atoms with Gasteiger partial charge in [0.1, 0.15) is 0 Å². The maximum Gasteiger partial charge on any atom is 0.153 e. The van der Waals surface area contributed by atoms with E-state index >= 15 is 0 Å². The number of carbonyl (C=O) groups excluding carboxylic acids is 1. The van der Waals surface area contributed by atoms with Gasteiger partial charge >= 0.3 is 0 Å². The van der Waals surface area contributed by atoms with Crippen molar-refractivity contribution >= 4 is 23.7 Å². The lowest BCUT2D eigenvalue weighted by Gasteiger charge is -2.02. The first-order valence-electron chi connectivity index (χ1n) is 3.17. The van der Waals surface area contributed by atoms with Crippen molar-refractivity contribution in [2.24, 2.45) is 0 Å². The van der Waals surface area contributed by atoms with Crippen LogP contribution in [0.15, 0.2) is 23.1 Å². The van der Waals surface area contributed by atoms with Gasteiger partial charge in [-0.15, -0.1) is 11.8 Å². The fraction of sp³-hybridized carbons (Fsp3) is 0.125. The first kappa shape index (κ1) is 8.14. The van der Waals surface area contributed by atoms with Crippen LogP contribution in [0.1, 0.15) is 10.4 Å². The quantitative estimate of drug-likeness (QED) is 0.415. The number of aldehydes is 1. The van der Waals surface area contributed by atoms with Crippen molar-refractivity contribution in [2.75, 3.05) is 12.0 Å². The molecule has 1 rings (SSSR count). The highest BCUT2D eigenvalue weighted by molar-refractivity contribution is 7.98. The second-order valence-electron chi connectivity index (χ2n) is 2.08. The van der Waals surface area contributed by atoms with Gasteiger partial charge in [-0.2, -0.15) is 0 Å². The summed E-state index contributed by atoms with van der Waals surface area (Å²) in [6, 6.07) is 5.45. The van der Waals surface area contributed by atoms with Crippen molar-refractivity contribution < 1.29 is 4.79 Å². The van der Waals surface area contributed by atoms with Crippen LogP contribution in [-0.4, -0.2) is 12.5 Å². The van der Waals surface area contributed by atoms with Gasteiger partial charge in [0.15, 0.2) is 6.29 Å². The van der Waals surface area contributed by atoms with Crippen LogP contribution >= 0.6 is 11.8 Å². The van der Waals surface area contributed by atoms with E-state index in [1.54, 1.807) is 6.07 Å². The molecule has 1 aromatic carbocycles. The SMILES string of the molecule is CSc1cccc(N)c1C=O. The van der Waals surface area contributed by atoms with E-state index in [2.05, 4.69) is 0 Å². The molecular formula is C8H9NOS. The number of carbonyl (C=O) groups is 1. The molecule has 0 spiro atoms. The van der Waals surface area contributed by atoms with E-state index in [1.807, 2.05) is 18.4 Å². The summed E-state index contributed by atoms with van der Waals surface area (Å²) in [5.41, 5.74) is 6.71. The summed E-state index contributed by atoms with van der Waals surface area (Å²) in [6.45, 7) is 0. The first-order chi connectivity index (χ1) is 5.29. The van der Waals surface area contributed by atoms with Gasteiger partial charge < -0.3 is 5.73 Å². The van der Waals surface area contributed by atoms with E-state index in [1.165, 1.54) is 11.8 Å². The van der Waals surface area contributed by atoms with Crippen molar-refractivity contribution in [3.05, 3.63) is 23.8 Å². The highest BCUT2D eigenvalue weighted by Crippen LogP contribution is 2.22. The second-order valence-corrected chi connectivity index (χ2v) is 2.93. The van der Waals surface area contributed by atoms with Crippen LogP contribution < -0.4 is 5.73 Å². The Balaban J connectivity index is 3.24. The lowest BCUT2D eigenvalue weighted by molar-refractivity contribution is 0.112. The van der Waals surface area contributed by atoms with Crippen molar-refractivity contribution in [3.8, 4) is 0 Å². The topological polar surface area (TPSA) is 43.1 Å². The van der Waals surface area contributed by atoms with Gasteiger partial charge in [-0.25, -0.2) is 0 Å². The van der Waals surface area contributed by atoms with E-state index in [9.17, 15) is 4.79 Å². The van der Waals surface area contributed by atoms with Crippen molar-refractivity contribution in [3.63, 3.8) is 0 Å². The van der Waals surface area contributed by atoms with Crippen LogP contribution in [0.25, 0.3) is 0 Å². The molecule has 0 aliphatic rings. The Kier molecular flexibility index (Phi) is 2.54. The molecule has 0 heterocycles. The Bertz CT molecular complexity index is 273.